The molecule has 1 saturated heterocycles. The number of hydrogen-bond donors (Lipinski definition) is 0. The highest BCUT2D eigenvalue weighted by molar-refractivity contribution is 5.40. The summed E-state index contributed by atoms with van der Waals surface area (Å²) in [4.78, 5) is 0. The molecule has 3 fully saturated rings. The Morgan fingerprint density at radius 1 is 0.221 bits per heavy atom. The van der Waals surface area contributed by atoms with E-state index in [4.69, 9.17) is 75.8 Å². The molecule has 3 heterocycles. The lowest BCUT2D eigenvalue weighted by molar-refractivity contribution is -0.129. The van der Waals surface area contributed by atoms with Crippen molar-refractivity contribution >= 4 is 0 Å². The summed E-state index contributed by atoms with van der Waals surface area (Å²) in [5.74, 6) is 4.31. The molecule has 0 amide bonds. The van der Waals surface area contributed by atoms with Crippen LogP contribution in [0.3, 0.4) is 0 Å². The van der Waals surface area contributed by atoms with E-state index in [1.165, 1.54) is 25.7 Å². The first kappa shape index (κ1) is 53.4. The summed E-state index contributed by atoms with van der Waals surface area (Å²) < 4.78 is 91.3. The third kappa shape index (κ3) is 21.4. The first-order valence-electron chi connectivity index (χ1n) is 24.8. The summed E-state index contributed by atoms with van der Waals surface area (Å²) >= 11 is 0. The highest BCUT2D eigenvalue weighted by atomic mass is 16.6. The Hall–Kier alpha value is -3.94. The Kier molecular flexibility index (Phi) is 27.0. The van der Waals surface area contributed by atoms with Crippen LogP contribution in [0.2, 0.25) is 0 Å². The van der Waals surface area contributed by atoms with Gasteiger partial charge in [-0.3, -0.25) is 0 Å². The third-order valence-corrected chi connectivity index (χ3v) is 11.4. The Labute approximate surface area is 403 Å². The summed E-state index contributed by atoms with van der Waals surface area (Å²) in [6.07, 6.45) is 9.93. The van der Waals surface area contributed by atoms with Crippen LogP contribution in [-0.4, -0.2) is 170 Å². The van der Waals surface area contributed by atoms with Crippen LogP contribution >= 0.6 is 0 Å². The van der Waals surface area contributed by atoms with Crippen LogP contribution in [0.25, 0.3) is 0 Å². The van der Waals surface area contributed by atoms with Gasteiger partial charge in [0.05, 0.1) is 130 Å². The first-order chi connectivity index (χ1) is 33.8. The number of rotatable bonds is 0. The van der Waals surface area contributed by atoms with Gasteiger partial charge in [-0.15, -0.1) is 0 Å². The van der Waals surface area contributed by atoms with E-state index in [0.29, 0.717) is 168 Å². The number of benzene rings is 3. The van der Waals surface area contributed by atoms with Gasteiger partial charge in [0.1, 0.15) is 39.6 Å². The topological polar surface area (TPSA) is 148 Å². The second-order valence-corrected chi connectivity index (χ2v) is 16.3. The van der Waals surface area contributed by atoms with Crippen LogP contribution < -0.4 is 28.4 Å². The van der Waals surface area contributed by atoms with E-state index in [2.05, 4.69) is 0 Å². The van der Waals surface area contributed by atoms with Gasteiger partial charge in [-0.1, -0.05) is 62.1 Å². The molecule has 4 atom stereocenters. The van der Waals surface area contributed by atoms with Gasteiger partial charge in [-0.2, -0.15) is 0 Å². The van der Waals surface area contributed by atoms with Gasteiger partial charge < -0.3 is 75.8 Å². The molecule has 0 aromatic heterocycles. The van der Waals surface area contributed by atoms with Crippen molar-refractivity contribution in [3.05, 3.63) is 72.8 Å². The molecule has 5 aliphatic rings. The predicted octanol–water partition coefficient (Wildman–Crippen LogP) is 7.16. The number of fused-ring (bicyclic) bond motifs is 5. The molecule has 0 spiro atoms. The van der Waals surface area contributed by atoms with E-state index in [1.807, 2.05) is 72.8 Å². The fourth-order valence-corrected chi connectivity index (χ4v) is 7.98. The first-order valence-corrected chi connectivity index (χ1v) is 24.8. The van der Waals surface area contributed by atoms with E-state index >= 15 is 0 Å². The molecule has 3 aromatic rings. The second-order valence-electron chi connectivity index (χ2n) is 16.3. The van der Waals surface area contributed by atoms with Gasteiger partial charge in [0.25, 0.3) is 0 Å². The average Bonchev–Trinajstić information content (AvgIpc) is 3.37. The van der Waals surface area contributed by atoms with Crippen LogP contribution in [0.5, 0.6) is 34.5 Å². The third-order valence-electron chi connectivity index (χ3n) is 11.4. The van der Waals surface area contributed by atoms with Crippen molar-refractivity contribution in [1.82, 2.24) is 0 Å². The molecule has 3 aromatic carbocycles. The highest BCUT2D eigenvalue weighted by Crippen LogP contribution is 2.29. The smallest absolute Gasteiger partial charge is 0.161 e. The zero-order chi connectivity index (χ0) is 46.8. The Morgan fingerprint density at radius 3 is 0.603 bits per heavy atom. The monoisotopic (exact) mass is 957 g/mol. The number of para-hydroxylation sites is 6. The van der Waals surface area contributed by atoms with E-state index in [1.54, 1.807) is 0 Å². The maximum Gasteiger partial charge on any atom is 0.161 e. The molecular weight excluding hydrogens is 881 g/mol. The molecule has 0 radical (unpaired) electrons. The van der Waals surface area contributed by atoms with Crippen molar-refractivity contribution in [1.29, 1.82) is 0 Å². The maximum atomic E-state index is 6.03. The summed E-state index contributed by atoms with van der Waals surface area (Å²) in [7, 11) is 0. The molecule has 2 saturated carbocycles. The Balaban J connectivity index is 0.000000173. The van der Waals surface area contributed by atoms with E-state index < -0.39 is 0 Å². The summed E-state index contributed by atoms with van der Waals surface area (Å²) in [5, 5.41) is 0. The minimum absolute atomic E-state index is 0.189. The molecule has 0 bridgehead atoms. The van der Waals surface area contributed by atoms with E-state index in [-0.39, 0.29) is 24.4 Å². The average molecular weight is 957 g/mol. The summed E-state index contributed by atoms with van der Waals surface area (Å²) in [6.45, 7) is 12.0. The summed E-state index contributed by atoms with van der Waals surface area (Å²) in [5.41, 5.74) is 0. The highest BCUT2D eigenvalue weighted by Gasteiger charge is 2.28. The standard InChI is InChI=1S/C20H36O6.C20H24O6.C12H16O4/c2*1-2-6-18-17(5-1)23-13-9-21-11-15-25-19-7-3-4-8-20(19)26-16-12-22-10-14-24-18;1-2-4-12-11(3-1)15-9-7-13-5-6-14-8-10-16-12/h17-20H,1-16H2;1-8H,9-16H2;1-4H,5-10H2. The summed E-state index contributed by atoms with van der Waals surface area (Å²) in [6, 6.07) is 22.8. The van der Waals surface area contributed by atoms with Crippen molar-refractivity contribution in [2.24, 2.45) is 0 Å². The van der Waals surface area contributed by atoms with Crippen molar-refractivity contribution in [2.45, 2.75) is 75.8 Å². The zero-order valence-electron chi connectivity index (χ0n) is 40.0. The van der Waals surface area contributed by atoms with E-state index in [0.717, 1.165) is 37.2 Å². The van der Waals surface area contributed by atoms with Gasteiger partial charge in [0.2, 0.25) is 0 Å². The van der Waals surface area contributed by atoms with Crippen molar-refractivity contribution in [2.75, 3.05) is 145 Å². The fourth-order valence-electron chi connectivity index (χ4n) is 7.98. The SMILES string of the molecule is C1CCC2OCCOCCOC3CCCCC3OCCOCCOC2C1.c1ccc2c(c1)OCCOCCOCCO2.c1ccc2c(c1)OCCOCCOc1ccccc1OCCOCCO2. The van der Waals surface area contributed by atoms with E-state index in [9.17, 15) is 0 Å². The van der Waals surface area contributed by atoms with Gasteiger partial charge in [0.15, 0.2) is 34.5 Å². The number of ether oxygens (including phenoxy) is 16. The van der Waals surface area contributed by atoms with Crippen molar-refractivity contribution in [3.63, 3.8) is 0 Å². The molecule has 3 aliphatic heterocycles. The molecule has 16 nitrogen and oxygen atoms in total. The van der Waals surface area contributed by atoms with Crippen LogP contribution in [0, 0.1) is 0 Å². The molecular formula is C52H76O16. The Bertz CT molecular complexity index is 1510. The molecule has 2 aliphatic carbocycles. The molecule has 8 rings (SSSR count). The minimum atomic E-state index is 0.189. The van der Waals surface area contributed by atoms with Gasteiger partial charge >= 0.3 is 0 Å². The largest absolute Gasteiger partial charge is 0.487 e. The van der Waals surface area contributed by atoms with Gasteiger partial charge in [-0.25, -0.2) is 0 Å². The fraction of sp³-hybridized carbons (Fsp3) is 0.654. The molecule has 16 heteroatoms. The lowest BCUT2D eigenvalue weighted by atomic mass is 9.94. The minimum Gasteiger partial charge on any atom is -0.487 e. The lowest BCUT2D eigenvalue weighted by Gasteiger charge is -2.32. The molecule has 68 heavy (non-hydrogen) atoms. The molecule has 380 valence electrons. The molecule has 0 N–H and O–H groups in total. The van der Waals surface area contributed by atoms with Gasteiger partial charge in [0, 0.05) is 0 Å². The Morgan fingerprint density at radius 2 is 0.397 bits per heavy atom. The second kappa shape index (κ2) is 34.4. The number of hydrogen-bond acceptors (Lipinski definition) is 16. The zero-order valence-corrected chi connectivity index (χ0v) is 40.0. The maximum absolute atomic E-state index is 6.03. The van der Waals surface area contributed by atoms with Crippen LogP contribution in [0.1, 0.15) is 51.4 Å². The molecule has 4 unspecified atom stereocenters. The van der Waals surface area contributed by atoms with Crippen LogP contribution in [0.15, 0.2) is 72.8 Å². The normalized spacial score (nSPS) is 24.9. The van der Waals surface area contributed by atoms with Crippen molar-refractivity contribution in [3.8, 4) is 34.5 Å². The van der Waals surface area contributed by atoms with Gasteiger partial charge in [-0.05, 0) is 62.1 Å². The van der Waals surface area contributed by atoms with Crippen LogP contribution in [0.4, 0.5) is 0 Å². The quantitative estimate of drug-likeness (QED) is 0.224. The van der Waals surface area contributed by atoms with Crippen molar-refractivity contribution < 1.29 is 75.8 Å². The van der Waals surface area contributed by atoms with Crippen LogP contribution in [-0.2, 0) is 47.4 Å². The lowest BCUT2D eigenvalue weighted by Crippen LogP contribution is -2.37. The predicted molar refractivity (Wildman–Crippen MR) is 253 cm³/mol.